The van der Waals surface area contributed by atoms with Crippen LogP contribution in [0.25, 0.3) is 0 Å². The summed E-state index contributed by atoms with van der Waals surface area (Å²) in [5.41, 5.74) is 6.18. The van der Waals surface area contributed by atoms with Gasteiger partial charge in [-0.2, -0.15) is 0 Å². The van der Waals surface area contributed by atoms with E-state index >= 15 is 0 Å². The molecule has 0 radical (unpaired) electrons. The van der Waals surface area contributed by atoms with Crippen molar-refractivity contribution in [2.45, 2.75) is 0 Å². The first kappa shape index (κ1) is 8.90. The molecule has 0 aliphatic heterocycles. The highest BCUT2D eigenvalue weighted by atomic mass is 17.4. The van der Waals surface area contributed by atoms with Crippen molar-refractivity contribution in [3.05, 3.63) is 30.3 Å². The molecule has 0 aromatic heterocycles. The monoisotopic (exact) mass is 143 g/mol. The van der Waals surface area contributed by atoms with Gasteiger partial charge < -0.3 is 5.73 Å². The third-order valence-corrected chi connectivity index (χ3v) is 0.800. The number of rotatable bonds is 0. The van der Waals surface area contributed by atoms with Gasteiger partial charge in [0.25, 0.3) is 0 Å². The molecule has 0 aliphatic carbocycles. The van der Waals surface area contributed by atoms with Crippen LogP contribution in [0.1, 0.15) is 0 Å². The predicted octanol–water partition coefficient (Wildman–Crippen LogP) is 1.22. The van der Waals surface area contributed by atoms with Crippen molar-refractivity contribution in [2.24, 2.45) is 0 Å². The highest BCUT2D eigenvalue weighted by Gasteiger charge is 1.72. The van der Waals surface area contributed by atoms with E-state index < -0.39 is 0 Å². The Morgan fingerprint density at radius 1 is 1.10 bits per heavy atom. The molecule has 0 spiro atoms. The molecule has 1 aromatic carbocycles. The van der Waals surface area contributed by atoms with Gasteiger partial charge in [-0.05, 0) is 12.1 Å². The number of hydrogen-bond acceptors (Lipinski definition) is 4. The van der Waals surface area contributed by atoms with E-state index in [0.29, 0.717) is 0 Å². The van der Waals surface area contributed by atoms with E-state index in [9.17, 15) is 0 Å². The first-order chi connectivity index (χ1) is 4.81. The minimum absolute atomic E-state index is 0.822. The molecule has 4 N–H and O–H groups in total. The van der Waals surface area contributed by atoms with Crippen LogP contribution in [0.2, 0.25) is 0 Å². The molecule has 0 amide bonds. The second-order valence-corrected chi connectivity index (χ2v) is 1.49. The van der Waals surface area contributed by atoms with E-state index in [-0.39, 0.29) is 0 Å². The summed E-state index contributed by atoms with van der Waals surface area (Å²) in [6.07, 6.45) is 0. The van der Waals surface area contributed by atoms with E-state index in [1.807, 2.05) is 30.3 Å². The van der Waals surface area contributed by atoms with E-state index in [2.05, 4.69) is 5.04 Å². The lowest BCUT2D eigenvalue weighted by atomic mass is 10.3. The number of nitrogen functional groups attached to an aromatic ring is 1. The van der Waals surface area contributed by atoms with Gasteiger partial charge in [0.2, 0.25) is 0 Å². The molecule has 0 fully saturated rings. The van der Waals surface area contributed by atoms with E-state index in [1.165, 1.54) is 0 Å². The fraction of sp³-hybridized carbons (Fsp3) is 0. The highest BCUT2D eigenvalue weighted by molar-refractivity contribution is 5.35. The second kappa shape index (κ2) is 6.03. The quantitative estimate of drug-likeness (QED) is 0.290. The molecule has 0 bridgehead atoms. The molecule has 0 atom stereocenters. The highest BCUT2D eigenvalue weighted by Crippen LogP contribution is 1.95. The maximum absolute atomic E-state index is 6.62. The molecule has 0 saturated carbocycles. The molecule has 0 saturated heterocycles. The zero-order chi connectivity index (χ0) is 7.82. The lowest BCUT2D eigenvalue weighted by Crippen LogP contribution is -1.79. The summed E-state index contributed by atoms with van der Waals surface area (Å²) < 4.78 is 0. The van der Waals surface area contributed by atoms with Gasteiger partial charge in [0.05, 0.1) is 0 Å². The van der Waals surface area contributed by atoms with Crippen LogP contribution in [0, 0.1) is 0 Å². The van der Waals surface area contributed by atoms with Crippen molar-refractivity contribution in [3.63, 3.8) is 0 Å². The molecule has 0 heterocycles. The minimum Gasteiger partial charge on any atom is -0.399 e. The molecule has 4 nitrogen and oxygen atoms in total. The Hall–Kier alpha value is -1.10. The molecule has 0 unspecified atom stereocenters. The van der Waals surface area contributed by atoms with Gasteiger partial charge >= 0.3 is 0 Å². The van der Waals surface area contributed by atoms with Gasteiger partial charge in [0, 0.05) is 5.69 Å². The average molecular weight is 143 g/mol. The van der Waals surface area contributed by atoms with Crippen molar-refractivity contribution in [1.29, 1.82) is 0 Å². The molecule has 1 rings (SSSR count). The van der Waals surface area contributed by atoms with Crippen LogP contribution in [-0.4, -0.2) is 10.5 Å². The maximum Gasteiger partial charge on any atom is 0.0313 e. The summed E-state index contributed by atoms with van der Waals surface area (Å²) in [5, 5.41) is 15.5. The summed E-state index contributed by atoms with van der Waals surface area (Å²) >= 11 is 0. The van der Waals surface area contributed by atoms with Crippen molar-refractivity contribution < 1.29 is 15.6 Å². The van der Waals surface area contributed by atoms with Crippen LogP contribution in [0.3, 0.4) is 0 Å². The van der Waals surface area contributed by atoms with E-state index in [1.54, 1.807) is 0 Å². The van der Waals surface area contributed by atoms with Crippen LogP contribution in [0.4, 0.5) is 5.69 Å². The largest absolute Gasteiger partial charge is 0.399 e. The Labute approximate surface area is 58.3 Å². The van der Waals surface area contributed by atoms with Crippen LogP contribution < -0.4 is 5.73 Å². The lowest BCUT2D eigenvalue weighted by molar-refractivity contribution is -0.465. The standard InChI is InChI=1S/C6H7N.H2O3/c7-6-4-2-1-3-5-6;1-3-2/h1-5H,7H2;1-2H. The first-order valence-electron chi connectivity index (χ1n) is 2.56. The Morgan fingerprint density at radius 3 is 1.70 bits per heavy atom. The molecule has 10 heavy (non-hydrogen) atoms. The van der Waals surface area contributed by atoms with Crippen molar-refractivity contribution in [2.75, 3.05) is 5.73 Å². The van der Waals surface area contributed by atoms with E-state index in [0.717, 1.165) is 5.69 Å². The van der Waals surface area contributed by atoms with Gasteiger partial charge in [0.1, 0.15) is 0 Å². The van der Waals surface area contributed by atoms with Crippen molar-refractivity contribution >= 4 is 5.69 Å². The zero-order valence-corrected chi connectivity index (χ0v) is 5.27. The number of hydrogen-bond donors (Lipinski definition) is 3. The second-order valence-electron chi connectivity index (χ2n) is 1.49. The van der Waals surface area contributed by atoms with Crippen molar-refractivity contribution in [1.82, 2.24) is 0 Å². The maximum atomic E-state index is 6.62. The molecule has 1 aromatic rings. The molecule has 4 heteroatoms. The van der Waals surface area contributed by atoms with Gasteiger partial charge in [-0.3, -0.25) is 0 Å². The van der Waals surface area contributed by atoms with Crippen LogP contribution in [0.5, 0.6) is 0 Å². The summed E-state index contributed by atoms with van der Waals surface area (Å²) in [7, 11) is 0. The normalized spacial score (nSPS) is 7.80. The van der Waals surface area contributed by atoms with Gasteiger partial charge in [-0.25, -0.2) is 10.5 Å². The molecular formula is C6H9NO3. The van der Waals surface area contributed by atoms with Crippen LogP contribution in [0.15, 0.2) is 30.3 Å². The first-order valence-corrected chi connectivity index (χ1v) is 2.56. The zero-order valence-electron chi connectivity index (χ0n) is 5.27. The SMILES string of the molecule is Nc1ccccc1.OOO. The summed E-state index contributed by atoms with van der Waals surface area (Å²) in [4.78, 5) is 0. The van der Waals surface area contributed by atoms with Crippen molar-refractivity contribution in [3.8, 4) is 0 Å². The van der Waals surface area contributed by atoms with Crippen LogP contribution in [-0.2, 0) is 5.04 Å². The Balaban J connectivity index is 0.000000236. The number of para-hydroxylation sites is 1. The Kier molecular flexibility index (Phi) is 5.36. The lowest BCUT2D eigenvalue weighted by Gasteiger charge is -1.83. The summed E-state index contributed by atoms with van der Waals surface area (Å²) in [6, 6.07) is 9.49. The molecule has 56 valence electrons. The topological polar surface area (TPSA) is 75.7 Å². The van der Waals surface area contributed by atoms with Gasteiger partial charge in [0.15, 0.2) is 0 Å². The molecule has 0 aliphatic rings. The molecular weight excluding hydrogens is 134 g/mol. The smallest absolute Gasteiger partial charge is 0.0313 e. The third kappa shape index (κ3) is 5.04. The Morgan fingerprint density at radius 2 is 1.50 bits per heavy atom. The fourth-order valence-corrected chi connectivity index (χ4v) is 0.453. The number of anilines is 1. The fourth-order valence-electron chi connectivity index (χ4n) is 0.453. The minimum atomic E-state index is 0.822. The van der Waals surface area contributed by atoms with Gasteiger partial charge in [-0.15, -0.1) is 0 Å². The van der Waals surface area contributed by atoms with Gasteiger partial charge in [-0.1, -0.05) is 23.2 Å². The average Bonchev–Trinajstić information content (AvgIpc) is 1.91. The summed E-state index contributed by atoms with van der Waals surface area (Å²) in [5.74, 6) is 0. The van der Waals surface area contributed by atoms with E-state index in [4.69, 9.17) is 16.2 Å². The number of nitrogens with two attached hydrogens (primary N) is 1. The Bertz CT molecular complexity index is 154. The third-order valence-electron chi connectivity index (χ3n) is 0.800. The number of benzene rings is 1. The predicted molar refractivity (Wildman–Crippen MR) is 37.2 cm³/mol. The summed E-state index contributed by atoms with van der Waals surface area (Å²) in [6.45, 7) is 0. The van der Waals surface area contributed by atoms with Crippen LogP contribution >= 0.6 is 0 Å².